The molecule has 2 heterocycles. The van der Waals surface area contributed by atoms with Gasteiger partial charge in [-0.05, 0) is 32.0 Å². The van der Waals surface area contributed by atoms with Gasteiger partial charge in [0.05, 0.1) is 16.6 Å². The van der Waals surface area contributed by atoms with E-state index in [-0.39, 0.29) is 24.2 Å². The lowest BCUT2D eigenvalue weighted by Gasteiger charge is -2.10. The molecule has 1 saturated heterocycles. The van der Waals surface area contributed by atoms with Crippen molar-refractivity contribution in [3.63, 3.8) is 0 Å². The Labute approximate surface area is 134 Å². The van der Waals surface area contributed by atoms with Gasteiger partial charge in [0.25, 0.3) is 0 Å². The fourth-order valence-electron chi connectivity index (χ4n) is 2.34. The van der Waals surface area contributed by atoms with E-state index >= 15 is 0 Å². The molecule has 0 radical (unpaired) electrons. The van der Waals surface area contributed by atoms with Crippen molar-refractivity contribution >= 4 is 35.3 Å². The minimum atomic E-state index is 0. The molecule has 1 aliphatic rings. The molecule has 2 N–H and O–H groups in total. The van der Waals surface area contributed by atoms with Crippen LogP contribution in [-0.2, 0) is 4.79 Å². The van der Waals surface area contributed by atoms with Crippen LogP contribution in [0.3, 0.4) is 0 Å². The Morgan fingerprint density at radius 2 is 2.14 bits per heavy atom. The van der Waals surface area contributed by atoms with Crippen molar-refractivity contribution in [3.05, 3.63) is 34.7 Å². The summed E-state index contributed by atoms with van der Waals surface area (Å²) in [5.74, 6) is 0.197. The molecule has 0 spiro atoms. The minimum Gasteiger partial charge on any atom is -0.326 e. The van der Waals surface area contributed by atoms with Gasteiger partial charge in [0.15, 0.2) is 0 Å². The number of aromatic nitrogens is 1. The van der Waals surface area contributed by atoms with Crippen LogP contribution in [0.2, 0.25) is 0 Å². The van der Waals surface area contributed by atoms with E-state index in [0.29, 0.717) is 0 Å². The monoisotopic (exact) mass is 323 g/mol. The van der Waals surface area contributed by atoms with Crippen LogP contribution in [0.1, 0.15) is 11.4 Å². The number of hydrogen-bond donors (Lipinski definition) is 2. The van der Waals surface area contributed by atoms with Gasteiger partial charge in [-0.1, -0.05) is 12.1 Å². The predicted octanol–water partition coefficient (Wildman–Crippen LogP) is 3.09. The summed E-state index contributed by atoms with van der Waals surface area (Å²) in [7, 11) is 0. The summed E-state index contributed by atoms with van der Waals surface area (Å²) in [5, 5.41) is 9.28. The lowest BCUT2D eigenvalue weighted by Crippen LogP contribution is -2.24. The van der Waals surface area contributed by atoms with Crippen LogP contribution >= 0.6 is 23.7 Å². The van der Waals surface area contributed by atoms with Crippen LogP contribution in [-0.4, -0.2) is 24.0 Å². The summed E-state index contributed by atoms with van der Waals surface area (Å²) in [4.78, 5) is 16.5. The van der Waals surface area contributed by atoms with E-state index in [1.54, 1.807) is 11.3 Å². The van der Waals surface area contributed by atoms with E-state index in [1.807, 2.05) is 36.6 Å². The summed E-state index contributed by atoms with van der Waals surface area (Å²) < 4.78 is 0. The summed E-state index contributed by atoms with van der Waals surface area (Å²) in [5.41, 5.74) is 2.91. The molecule has 112 valence electrons. The van der Waals surface area contributed by atoms with Gasteiger partial charge in [-0.25, -0.2) is 4.98 Å². The number of nitrogens with one attached hydrogen (secondary N) is 2. The Hall–Kier alpha value is -1.43. The number of amides is 1. The number of hydrogen-bond acceptors (Lipinski definition) is 4. The summed E-state index contributed by atoms with van der Waals surface area (Å²) in [6.07, 6.45) is 0.919. The van der Waals surface area contributed by atoms with Crippen molar-refractivity contribution in [2.24, 2.45) is 5.92 Å². The van der Waals surface area contributed by atoms with E-state index in [0.717, 1.165) is 41.5 Å². The molecular weight excluding hydrogens is 306 g/mol. The Bertz CT molecular complexity index is 606. The average Bonchev–Trinajstić information content (AvgIpc) is 3.10. The average molecular weight is 324 g/mol. The molecule has 3 rings (SSSR count). The molecule has 1 unspecified atom stereocenters. The molecule has 6 heteroatoms. The van der Waals surface area contributed by atoms with Gasteiger partial charge in [-0.2, -0.15) is 0 Å². The molecule has 1 aromatic carbocycles. The number of anilines is 1. The van der Waals surface area contributed by atoms with Crippen LogP contribution in [0, 0.1) is 12.8 Å². The quantitative estimate of drug-likeness (QED) is 0.912. The molecule has 1 aliphatic heterocycles. The van der Waals surface area contributed by atoms with Crippen molar-refractivity contribution in [1.29, 1.82) is 0 Å². The third-order valence-electron chi connectivity index (χ3n) is 3.50. The molecular formula is C15H18ClN3OS. The first-order valence-electron chi connectivity index (χ1n) is 6.76. The summed E-state index contributed by atoms with van der Waals surface area (Å²) in [6, 6.07) is 7.86. The number of rotatable bonds is 3. The molecule has 0 saturated carbocycles. The van der Waals surface area contributed by atoms with Crippen molar-refractivity contribution in [2.75, 3.05) is 18.4 Å². The topological polar surface area (TPSA) is 54.0 Å². The van der Waals surface area contributed by atoms with Crippen molar-refractivity contribution in [3.8, 4) is 11.3 Å². The molecule has 2 aromatic rings. The van der Waals surface area contributed by atoms with Crippen LogP contribution in [0.5, 0.6) is 0 Å². The van der Waals surface area contributed by atoms with E-state index in [1.165, 1.54) is 0 Å². The normalized spacial score (nSPS) is 17.3. The maximum absolute atomic E-state index is 12.0. The predicted molar refractivity (Wildman–Crippen MR) is 89.1 cm³/mol. The highest BCUT2D eigenvalue weighted by molar-refractivity contribution is 7.09. The lowest BCUT2D eigenvalue weighted by molar-refractivity contribution is -0.119. The van der Waals surface area contributed by atoms with Crippen molar-refractivity contribution in [1.82, 2.24) is 10.3 Å². The first-order valence-corrected chi connectivity index (χ1v) is 7.64. The van der Waals surface area contributed by atoms with Gasteiger partial charge in [-0.15, -0.1) is 23.7 Å². The highest BCUT2D eigenvalue weighted by Gasteiger charge is 2.22. The third-order valence-corrected chi connectivity index (χ3v) is 4.27. The SMILES string of the molecule is Cc1nc(-c2ccc(NC(=O)C3CCNC3)cc2)cs1.Cl. The summed E-state index contributed by atoms with van der Waals surface area (Å²) >= 11 is 1.64. The maximum Gasteiger partial charge on any atom is 0.228 e. The van der Waals surface area contributed by atoms with E-state index in [9.17, 15) is 4.79 Å². The van der Waals surface area contributed by atoms with Gasteiger partial charge < -0.3 is 10.6 Å². The molecule has 0 bridgehead atoms. The smallest absolute Gasteiger partial charge is 0.228 e. The molecule has 1 amide bonds. The van der Waals surface area contributed by atoms with Crippen molar-refractivity contribution < 1.29 is 4.79 Å². The second-order valence-corrected chi connectivity index (χ2v) is 6.07. The number of thiazole rings is 1. The molecule has 4 nitrogen and oxygen atoms in total. The maximum atomic E-state index is 12.0. The fraction of sp³-hybridized carbons (Fsp3) is 0.333. The zero-order chi connectivity index (χ0) is 13.9. The largest absolute Gasteiger partial charge is 0.326 e. The summed E-state index contributed by atoms with van der Waals surface area (Å²) in [6.45, 7) is 3.71. The van der Waals surface area contributed by atoms with Crippen LogP contribution in [0.15, 0.2) is 29.6 Å². The first-order chi connectivity index (χ1) is 9.72. The van der Waals surface area contributed by atoms with E-state index in [4.69, 9.17) is 0 Å². The molecule has 1 atom stereocenters. The first kappa shape index (κ1) is 15.9. The fourth-order valence-corrected chi connectivity index (χ4v) is 2.97. The zero-order valence-electron chi connectivity index (χ0n) is 11.8. The Morgan fingerprint density at radius 3 is 2.71 bits per heavy atom. The standard InChI is InChI=1S/C15H17N3OS.ClH/c1-10-17-14(9-20-10)11-2-4-13(5-3-11)18-15(19)12-6-7-16-8-12;/h2-5,9,12,16H,6-8H2,1H3,(H,18,19);1H. The Balaban J connectivity index is 0.00000161. The second kappa shape index (κ2) is 7.02. The van der Waals surface area contributed by atoms with Gasteiger partial charge in [0.1, 0.15) is 0 Å². The molecule has 21 heavy (non-hydrogen) atoms. The zero-order valence-corrected chi connectivity index (χ0v) is 13.4. The van der Waals surface area contributed by atoms with Crippen LogP contribution < -0.4 is 10.6 Å². The van der Waals surface area contributed by atoms with E-state index in [2.05, 4.69) is 15.6 Å². The molecule has 1 fully saturated rings. The van der Waals surface area contributed by atoms with Crippen LogP contribution in [0.4, 0.5) is 5.69 Å². The number of halogens is 1. The number of aryl methyl sites for hydroxylation is 1. The highest BCUT2D eigenvalue weighted by atomic mass is 35.5. The number of carbonyl (C=O) groups excluding carboxylic acids is 1. The minimum absolute atomic E-state index is 0. The van der Waals surface area contributed by atoms with Gasteiger partial charge >= 0.3 is 0 Å². The Morgan fingerprint density at radius 1 is 1.38 bits per heavy atom. The van der Waals surface area contributed by atoms with Crippen molar-refractivity contribution in [2.45, 2.75) is 13.3 Å². The highest BCUT2D eigenvalue weighted by Crippen LogP contribution is 2.23. The van der Waals surface area contributed by atoms with Gasteiger partial charge in [0.2, 0.25) is 5.91 Å². The number of nitrogens with zero attached hydrogens (tertiary/aromatic N) is 1. The number of benzene rings is 1. The Kier molecular flexibility index (Phi) is 5.33. The third kappa shape index (κ3) is 3.81. The van der Waals surface area contributed by atoms with Gasteiger partial charge in [0, 0.05) is 23.2 Å². The van der Waals surface area contributed by atoms with Gasteiger partial charge in [-0.3, -0.25) is 4.79 Å². The molecule has 1 aromatic heterocycles. The second-order valence-electron chi connectivity index (χ2n) is 5.01. The van der Waals surface area contributed by atoms with E-state index < -0.39 is 0 Å². The number of carbonyl (C=O) groups is 1. The molecule has 0 aliphatic carbocycles. The van der Waals surface area contributed by atoms with Crippen LogP contribution in [0.25, 0.3) is 11.3 Å². The lowest BCUT2D eigenvalue weighted by atomic mass is 10.1.